The van der Waals surface area contributed by atoms with Gasteiger partial charge in [-0.25, -0.2) is 4.79 Å². The van der Waals surface area contributed by atoms with Crippen LogP contribution < -0.4 is 10.6 Å². The van der Waals surface area contributed by atoms with Crippen molar-refractivity contribution >= 4 is 17.8 Å². The maximum absolute atomic E-state index is 13.4. The Bertz CT molecular complexity index is 601. The van der Waals surface area contributed by atoms with E-state index < -0.39 is 11.6 Å². The van der Waals surface area contributed by atoms with E-state index in [1.807, 2.05) is 41.5 Å². The molecule has 7 heteroatoms. The van der Waals surface area contributed by atoms with Crippen molar-refractivity contribution in [2.45, 2.75) is 85.9 Å². The van der Waals surface area contributed by atoms with Crippen molar-refractivity contribution in [2.75, 3.05) is 20.7 Å². The normalized spacial score (nSPS) is 14.5. The molecule has 0 fully saturated rings. The van der Waals surface area contributed by atoms with Gasteiger partial charge in [0.15, 0.2) is 0 Å². The molecule has 0 aromatic rings. The fraction of sp³-hybridized carbons (Fsp3) is 0.783. The van der Waals surface area contributed by atoms with E-state index in [0.717, 1.165) is 0 Å². The second kappa shape index (κ2) is 12.7. The molecule has 0 aliphatic rings. The smallest absolute Gasteiger partial charge is 0.333 e. The minimum absolute atomic E-state index is 0.0783. The molecule has 2 atom stereocenters. The summed E-state index contributed by atoms with van der Waals surface area (Å²) in [5, 5.41) is 6.10. The monoisotopic (exact) mass is 425 g/mol. The van der Waals surface area contributed by atoms with Crippen LogP contribution in [0.1, 0.15) is 68.2 Å². The third-order valence-corrected chi connectivity index (χ3v) is 5.84. The van der Waals surface area contributed by atoms with E-state index in [9.17, 15) is 14.4 Å². The van der Waals surface area contributed by atoms with Gasteiger partial charge in [-0.1, -0.05) is 47.6 Å². The molecule has 0 saturated heterocycles. The van der Waals surface area contributed by atoms with Gasteiger partial charge >= 0.3 is 5.97 Å². The second-order valence-corrected chi connectivity index (χ2v) is 8.49. The molecule has 7 nitrogen and oxygen atoms in total. The van der Waals surface area contributed by atoms with Crippen molar-refractivity contribution in [3.8, 4) is 0 Å². The number of carbonyl (C=O) groups is 3. The first-order valence-electron chi connectivity index (χ1n) is 11.0. The predicted molar refractivity (Wildman–Crippen MR) is 121 cm³/mol. The van der Waals surface area contributed by atoms with Gasteiger partial charge in [0.25, 0.3) is 0 Å². The largest absolute Gasteiger partial charge is 0.463 e. The molecule has 0 rings (SSSR count). The van der Waals surface area contributed by atoms with Crippen molar-refractivity contribution in [1.82, 2.24) is 15.5 Å². The summed E-state index contributed by atoms with van der Waals surface area (Å²) in [5.41, 5.74) is -0.240. The Labute approximate surface area is 183 Å². The van der Waals surface area contributed by atoms with E-state index in [-0.39, 0.29) is 35.7 Å². The van der Waals surface area contributed by atoms with Gasteiger partial charge in [-0.15, -0.1) is 0 Å². The van der Waals surface area contributed by atoms with Gasteiger partial charge in [-0.05, 0) is 45.6 Å². The highest BCUT2D eigenvalue weighted by Gasteiger charge is 2.38. The van der Waals surface area contributed by atoms with E-state index in [1.54, 1.807) is 38.9 Å². The number of likely N-dealkylation sites (N-methyl/N-ethyl adjacent to an activating group) is 2. The first-order chi connectivity index (χ1) is 13.9. The predicted octanol–water partition coefficient (Wildman–Crippen LogP) is 2.90. The summed E-state index contributed by atoms with van der Waals surface area (Å²) >= 11 is 0. The van der Waals surface area contributed by atoms with Crippen LogP contribution in [0.15, 0.2) is 11.6 Å². The average Bonchev–Trinajstić information content (AvgIpc) is 2.70. The molecule has 0 unspecified atom stereocenters. The summed E-state index contributed by atoms with van der Waals surface area (Å²) < 4.78 is 5.06. The highest BCUT2D eigenvalue weighted by molar-refractivity contribution is 5.92. The Morgan fingerprint density at radius 3 is 1.93 bits per heavy atom. The molecule has 2 N–H and O–H groups in total. The SMILES string of the molecule is CCOC(=O)/C(C)=C/[C@H](C(C)C)N(C)C(=O)[C@@H](NC(=O)C(CC)(CC)NC)C(C)C. The summed E-state index contributed by atoms with van der Waals surface area (Å²) in [4.78, 5) is 40.1. The molecular weight excluding hydrogens is 382 g/mol. The van der Waals surface area contributed by atoms with Crippen LogP contribution in [0.2, 0.25) is 0 Å². The number of amides is 2. The number of carbonyl (C=O) groups excluding carboxylic acids is 3. The van der Waals surface area contributed by atoms with Crippen LogP contribution in [0.5, 0.6) is 0 Å². The van der Waals surface area contributed by atoms with Crippen molar-refractivity contribution in [3.05, 3.63) is 11.6 Å². The fourth-order valence-corrected chi connectivity index (χ4v) is 3.52. The van der Waals surface area contributed by atoms with Gasteiger partial charge in [0.1, 0.15) is 6.04 Å². The molecule has 0 aliphatic heterocycles. The Balaban J connectivity index is 5.76. The lowest BCUT2D eigenvalue weighted by molar-refractivity contribution is -0.140. The number of esters is 1. The lowest BCUT2D eigenvalue weighted by atomic mass is 9.90. The standard InChI is InChI=1S/C23H43N3O4/c1-11-23(12-2,24-9)22(29)25-19(16(6)7)20(27)26(10)18(15(4)5)14-17(8)21(28)30-13-3/h14-16,18-19,24H,11-13H2,1-10H3,(H,25,29)/b17-14+/t18-,19+/m1/s1. The topological polar surface area (TPSA) is 87.7 Å². The molecule has 0 aromatic carbocycles. The molecule has 0 aromatic heterocycles. The zero-order valence-electron chi connectivity index (χ0n) is 20.6. The van der Waals surface area contributed by atoms with E-state index in [0.29, 0.717) is 25.0 Å². The first-order valence-corrected chi connectivity index (χ1v) is 11.0. The van der Waals surface area contributed by atoms with Crippen molar-refractivity contribution in [2.24, 2.45) is 11.8 Å². The second-order valence-electron chi connectivity index (χ2n) is 8.49. The molecule has 0 heterocycles. The molecule has 0 bridgehead atoms. The van der Waals surface area contributed by atoms with Crippen LogP contribution in [0.4, 0.5) is 0 Å². The number of nitrogens with one attached hydrogen (secondary N) is 2. The van der Waals surface area contributed by atoms with Crippen LogP contribution in [-0.4, -0.2) is 61.0 Å². The van der Waals surface area contributed by atoms with Gasteiger partial charge in [0.2, 0.25) is 11.8 Å². The maximum Gasteiger partial charge on any atom is 0.333 e. The summed E-state index contributed by atoms with van der Waals surface area (Å²) in [7, 11) is 3.48. The highest BCUT2D eigenvalue weighted by atomic mass is 16.5. The maximum atomic E-state index is 13.4. The molecular formula is C23H43N3O4. The number of ether oxygens (including phenoxy) is 1. The Morgan fingerprint density at radius 2 is 1.57 bits per heavy atom. The number of hydrogen-bond donors (Lipinski definition) is 2. The quantitative estimate of drug-likeness (QED) is 0.371. The van der Waals surface area contributed by atoms with Crippen molar-refractivity contribution in [3.63, 3.8) is 0 Å². The Morgan fingerprint density at radius 1 is 1.03 bits per heavy atom. The third kappa shape index (κ3) is 7.11. The van der Waals surface area contributed by atoms with Gasteiger partial charge in [0, 0.05) is 12.6 Å². The molecule has 0 spiro atoms. The van der Waals surface area contributed by atoms with Crippen molar-refractivity contribution in [1.29, 1.82) is 0 Å². The number of rotatable bonds is 12. The minimum atomic E-state index is -0.705. The summed E-state index contributed by atoms with van der Waals surface area (Å²) in [5.74, 6) is -0.746. The average molecular weight is 426 g/mol. The highest BCUT2D eigenvalue weighted by Crippen LogP contribution is 2.19. The van der Waals surface area contributed by atoms with E-state index >= 15 is 0 Å². The van der Waals surface area contributed by atoms with Crippen molar-refractivity contribution < 1.29 is 19.1 Å². The van der Waals surface area contributed by atoms with E-state index in [1.165, 1.54) is 0 Å². The zero-order valence-corrected chi connectivity index (χ0v) is 20.6. The molecule has 174 valence electrons. The fourth-order valence-electron chi connectivity index (χ4n) is 3.52. The van der Waals surface area contributed by atoms with Gasteiger partial charge < -0.3 is 20.3 Å². The zero-order chi connectivity index (χ0) is 23.6. The minimum Gasteiger partial charge on any atom is -0.463 e. The van der Waals surface area contributed by atoms with Crippen LogP contribution in [-0.2, 0) is 19.1 Å². The third-order valence-electron chi connectivity index (χ3n) is 5.84. The van der Waals surface area contributed by atoms with Crippen LogP contribution in [0.3, 0.4) is 0 Å². The summed E-state index contributed by atoms with van der Waals surface area (Å²) in [6.45, 7) is 15.5. The molecule has 30 heavy (non-hydrogen) atoms. The van der Waals surface area contributed by atoms with E-state index in [2.05, 4.69) is 10.6 Å². The summed E-state index contributed by atoms with van der Waals surface area (Å²) in [6, 6.07) is -0.961. The first kappa shape index (κ1) is 28.1. The van der Waals surface area contributed by atoms with Crippen LogP contribution in [0.25, 0.3) is 0 Å². The summed E-state index contributed by atoms with van der Waals surface area (Å²) in [6.07, 6.45) is 3.02. The Kier molecular flexibility index (Phi) is 11.9. The Hall–Kier alpha value is -1.89. The molecule has 0 saturated carbocycles. The van der Waals surface area contributed by atoms with Gasteiger partial charge in [-0.2, -0.15) is 0 Å². The van der Waals surface area contributed by atoms with Crippen LogP contribution >= 0.6 is 0 Å². The number of hydrogen-bond acceptors (Lipinski definition) is 5. The molecule has 0 radical (unpaired) electrons. The lowest BCUT2D eigenvalue weighted by Gasteiger charge is -2.36. The molecule has 2 amide bonds. The number of nitrogens with zero attached hydrogens (tertiary/aromatic N) is 1. The molecule has 0 aliphatic carbocycles. The van der Waals surface area contributed by atoms with Gasteiger partial charge in [-0.3, -0.25) is 9.59 Å². The lowest BCUT2D eigenvalue weighted by Crippen LogP contribution is -2.61. The van der Waals surface area contributed by atoms with Crippen LogP contribution in [0, 0.1) is 11.8 Å². The van der Waals surface area contributed by atoms with Gasteiger partial charge in [0.05, 0.1) is 18.2 Å². The van der Waals surface area contributed by atoms with E-state index in [4.69, 9.17) is 4.74 Å².